The predicted octanol–water partition coefficient (Wildman–Crippen LogP) is 3.41. The molecule has 1 amide bonds. The van der Waals surface area contributed by atoms with Gasteiger partial charge in [0.2, 0.25) is 0 Å². The molecule has 0 aliphatic carbocycles. The summed E-state index contributed by atoms with van der Waals surface area (Å²) in [6.07, 6.45) is 0.679. The normalized spacial score (nSPS) is 13.8. The maximum atomic E-state index is 12.6. The summed E-state index contributed by atoms with van der Waals surface area (Å²) in [5, 5.41) is 2.95. The van der Waals surface area contributed by atoms with Gasteiger partial charge in [-0.05, 0) is 64.5 Å². The van der Waals surface area contributed by atoms with Gasteiger partial charge in [0, 0.05) is 18.8 Å². The van der Waals surface area contributed by atoms with Crippen LogP contribution in [0.2, 0.25) is 0 Å². The molecule has 1 atom stereocenters. The van der Waals surface area contributed by atoms with Crippen LogP contribution in [-0.4, -0.2) is 50.3 Å². The number of rotatable bonds is 10. The van der Waals surface area contributed by atoms with E-state index in [1.54, 1.807) is 0 Å². The zero-order valence-corrected chi connectivity index (χ0v) is 15.9. The maximum Gasteiger partial charge on any atom is 0.256 e. The highest BCUT2D eigenvalue weighted by Crippen LogP contribution is 2.24. The number of nitrogens with zero attached hydrogens (tertiary/aromatic N) is 1. The lowest BCUT2D eigenvalue weighted by atomic mass is 9.93. The Balaban J connectivity index is 2.65. The molecule has 0 saturated carbocycles. The first kappa shape index (κ1) is 20.5. The van der Waals surface area contributed by atoms with Gasteiger partial charge in [0.25, 0.3) is 5.91 Å². The van der Waals surface area contributed by atoms with Crippen molar-refractivity contribution in [2.45, 2.75) is 39.7 Å². The molecule has 136 valence electrons. The van der Waals surface area contributed by atoms with Crippen molar-refractivity contribution in [1.82, 2.24) is 4.90 Å². The molecule has 0 radical (unpaired) electrons. The molecule has 1 aromatic carbocycles. The molecular formula is C19H32N2O3. The Hall–Kier alpha value is -1.59. The first-order valence-corrected chi connectivity index (χ1v) is 8.60. The van der Waals surface area contributed by atoms with E-state index in [2.05, 4.69) is 24.1 Å². The molecule has 0 aliphatic rings. The molecule has 0 aromatic heterocycles. The van der Waals surface area contributed by atoms with Gasteiger partial charge in [-0.25, -0.2) is 0 Å². The van der Waals surface area contributed by atoms with Gasteiger partial charge in [-0.3, -0.25) is 4.79 Å². The average molecular weight is 336 g/mol. The molecule has 0 saturated heterocycles. The highest BCUT2D eigenvalue weighted by atomic mass is 16.5. The molecule has 0 spiro atoms. The van der Waals surface area contributed by atoms with Gasteiger partial charge in [-0.1, -0.05) is 13.8 Å². The van der Waals surface area contributed by atoms with Crippen molar-refractivity contribution in [1.29, 1.82) is 0 Å². The predicted molar refractivity (Wildman–Crippen MR) is 98.6 cm³/mol. The van der Waals surface area contributed by atoms with Gasteiger partial charge < -0.3 is 19.7 Å². The third-order valence-electron chi connectivity index (χ3n) is 3.66. The highest BCUT2D eigenvalue weighted by Gasteiger charge is 2.34. The van der Waals surface area contributed by atoms with E-state index < -0.39 is 5.60 Å². The number of ether oxygens (including phenoxy) is 2. The van der Waals surface area contributed by atoms with Gasteiger partial charge in [0.1, 0.15) is 18.0 Å². The van der Waals surface area contributed by atoms with E-state index in [-0.39, 0.29) is 5.91 Å². The zero-order chi connectivity index (χ0) is 18.2. The monoisotopic (exact) mass is 336 g/mol. The smallest absolute Gasteiger partial charge is 0.256 e. The van der Waals surface area contributed by atoms with Crippen molar-refractivity contribution >= 4 is 11.6 Å². The van der Waals surface area contributed by atoms with Crippen molar-refractivity contribution in [2.24, 2.45) is 5.92 Å². The summed E-state index contributed by atoms with van der Waals surface area (Å²) in [6.45, 7) is 9.94. The van der Waals surface area contributed by atoms with Gasteiger partial charge in [-0.2, -0.15) is 0 Å². The van der Waals surface area contributed by atoms with E-state index in [0.717, 1.165) is 18.0 Å². The Kier molecular flexibility index (Phi) is 8.22. The second-order valence-corrected chi connectivity index (χ2v) is 6.89. The van der Waals surface area contributed by atoms with Crippen molar-refractivity contribution in [3.63, 3.8) is 0 Å². The van der Waals surface area contributed by atoms with Crippen LogP contribution in [0.25, 0.3) is 0 Å². The second kappa shape index (κ2) is 9.64. The number of hydrogen-bond acceptors (Lipinski definition) is 4. The molecule has 0 fully saturated rings. The number of likely N-dealkylation sites (N-methyl/N-ethyl adjacent to an activating group) is 1. The first-order valence-electron chi connectivity index (χ1n) is 8.60. The minimum atomic E-state index is -0.816. The van der Waals surface area contributed by atoms with E-state index >= 15 is 0 Å². The summed E-state index contributed by atoms with van der Waals surface area (Å²) in [7, 11) is 4.02. The number of anilines is 1. The second-order valence-electron chi connectivity index (χ2n) is 6.89. The molecule has 1 rings (SSSR count). The van der Waals surface area contributed by atoms with E-state index in [0.29, 0.717) is 25.6 Å². The third-order valence-corrected chi connectivity index (χ3v) is 3.66. The maximum absolute atomic E-state index is 12.6. The van der Waals surface area contributed by atoms with Crippen LogP contribution in [-0.2, 0) is 9.53 Å². The van der Waals surface area contributed by atoms with Gasteiger partial charge >= 0.3 is 0 Å². The minimum absolute atomic E-state index is 0.112. The number of carbonyl (C=O) groups is 1. The Morgan fingerprint density at radius 3 is 2.38 bits per heavy atom. The van der Waals surface area contributed by atoms with Crippen LogP contribution in [0.1, 0.15) is 34.1 Å². The fraction of sp³-hybridized carbons (Fsp3) is 0.632. The quantitative estimate of drug-likeness (QED) is 0.711. The summed E-state index contributed by atoms with van der Waals surface area (Å²) in [4.78, 5) is 14.7. The Labute approximate surface area is 146 Å². The number of benzene rings is 1. The molecule has 5 nitrogen and oxygen atoms in total. The van der Waals surface area contributed by atoms with E-state index in [1.807, 2.05) is 52.2 Å². The summed E-state index contributed by atoms with van der Waals surface area (Å²) >= 11 is 0. The molecule has 0 heterocycles. The lowest BCUT2D eigenvalue weighted by Gasteiger charge is -2.29. The van der Waals surface area contributed by atoms with Gasteiger partial charge in [0.15, 0.2) is 0 Å². The number of hydrogen-bond donors (Lipinski definition) is 1. The topological polar surface area (TPSA) is 50.8 Å². The highest BCUT2D eigenvalue weighted by molar-refractivity contribution is 5.97. The zero-order valence-electron chi connectivity index (χ0n) is 15.9. The number of nitrogens with one attached hydrogen (secondary N) is 1. The van der Waals surface area contributed by atoms with Crippen LogP contribution in [0.3, 0.4) is 0 Å². The van der Waals surface area contributed by atoms with Gasteiger partial charge in [0.05, 0.1) is 0 Å². The standard InChI is InChI=1S/C19H32N2O3/c1-7-24-19(4,14-15(2)3)18(22)20-16-8-10-17(11-9-16)23-13-12-21(5)6/h8-11,15H,7,12-14H2,1-6H3,(H,20,22)/t19-/m1/s1. The van der Waals surface area contributed by atoms with Crippen molar-refractivity contribution in [2.75, 3.05) is 39.2 Å². The van der Waals surface area contributed by atoms with E-state index in [9.17, 15) is 4.79 Å². The van der Waals surface area contributed by atoms with Crippen molar-refractivity contribution in [3.8, 4) is 5.75 Å². The Morgan fingerprint density at radius 2 is 1.88 bits per heavy atom. The van der Waals surface area contributed by atoms with Crippen molar-refractivity contribution in [3.05, 3.63) is 24.3 Å². The Morgan fingerprint density at radius 1 is 1.25 bits per heavy atom. The molecule has 0 bridgehead atoms. The van der Waals surface area contributed by atoms with E-state index in [4.69, 9.17) is 9.47 Å². The average Bonchev–Trinajstić information content (AvgIpc) is 2.48. The van der Waals surface area contributed by atoms with Crippen LogP contribution in [0.5, 0.6) is 5.75 Å². The summed E-state index contributed by atoms with van der Waals surface area (Å²) < 4.78 is 11.4. The summed E-state index contributed by atoms with van der Waals surface area (Å²) in [5.41, 5.74) is -0.0706. The molecule has 1 aromatic rings. The largest absolute Gasteiger partial charge is 0.492 e. The van der Waals surface area contributed by atoms with Crippen LogP contribution >= 0.6 is 0 Å². The lowest BCUT2D eigenvalue weighted by molar-refractivity contribution is -0.140. The van der Waals surface area contributed by atoms with E-state index in [1.165, 1.54) is 0 Å². The lowest BCUT2D eigenvalue weighted by Crippen LogP contribution is -2.43. The first-order chi connectivity index (χ1) is 11.3. The molecule has 5 heteroatoms. The number of carbonyl (C=O) groups excluding carboxylic acids is 1. The molecule has 24 heavy (non-hydrogen) atoms. The molecule has 0 unspecified atom stereocenters. The minimum Gasteiger partial charge on any atom is -0.492 e. The fourth-order valence-electron chi connectivity index (χ4n) is 2.56. The molecule has 1 N–H and O–H groups in total. The summed E-state index contributed by atoms with van der Waals surface area (Å²) in [5.74, 6) is 1.06. The van der Waals surface area contributed by atoms with Crippen LogP contribution < -0.4 is 10.1 Å². The molecule has 0 aliphatic heterocycles. The van der Waals surface area contributed by atoms with Gasteiger partial charge in [-0.15, -0.1) is 0 Å². The van der Waals surface area contributed by atoms with Crippen LogP contribution in [0, 0.1) is 5.92 Å². The fourth-order valence-corrected chi connectivity index (χ4v) is 2.56. The van der Waals surface area contributed by atoms with Crippen molar-refractivity contribution < 1.29 is 14.3 Å². The number of amides is 1. The Bertz CT molecular complexity index is 500. The SMILES string of the molecule is CCO[C@](C)(CC(C)C)C(=O)Nc1ccc(OCCN(C)C)cc1. The molecular weight excluding hydrogens is 304 g/mol. The van der Waals surface area contributed by atoms with Crippen LogP contribution in [0.4, 0.5) is 5.69 Å². The third kappa shape index (κ3) is 6.89. The van der Waals surface area contributed by atoms with Crippen LogP contribution in [0.15, 0.2) is 24.3 Å². The summed E-state index contributed by atoms with van der Waals surface area (Å²) in [6, 6.07) is 7.44.